The van der Waals surface area contributed by atoms with Crippen LogP contribution < -0.4 is 10.2 Å². The van der Waals surface area contributed by atoms with E-state index in [2.05, 4.69) is 17.2 Å². The Morgan fingerprint density at radius 3 is 2.35 bits per heavy atom. The van der Waals surface area contributed by atoms with Crippen molar-refractivity contribution in [1.29, 1.82) is 0 Å². The van der Waals surface area contributed by atoms with Crippen LogP contribution in [0, 0.1) is 17.6 Å². The SMILES string of the molecule is CC1CCN(c2nc(C(F)(F)F)ccc2CNC(=O)C(C)c2cc(F)cc(F)c2)CC1. The maximum absolute atomic E-state index is 13.4. The molecule has 1 aromatic carbocycles. The molecule has 1 aromatic heterocycles. The third-order valence-electron chi connectivity index (χ3n) is 5.56. The van der Waals surface area contributed by atoms with E-state index in [0.29, 0.717) is 30.6 Å². The van der Waals surface area contributed by atoms with E-state index in [1.54, 1.807) is 0 Å². The molecule has 0 bridgehead atoms. The summed E-state index contributed by atoms with van der Waals surface area (Å²) in [5.41, 5.74) is -0.362. The highest BCUT2D eigenvalue weighted by molar-refractivity contribution is 5.83. The van der Waals surface area contributed by atoms with Crippen LogP contribution in [-0.4, -0.2) is 24.0 Å². The summed E-state index contributed by atoms with van der Waals surface area (Å²) >= 11 is 0. The van der Waals surface area contributed by atoms with Crippen molar-refractivity contribution in [2.75, 3.05) is 18.0 Å². The molecule has 3 rings (SSSR count). The zero-order chi connectivity index (χ0) is 22.8. The zero-order valence-electron chi connectivity index (χ0n) is 17.3. The molecule has 1 fully saturated rings. The van der Waals surface area contributed by atoms with Crippen molar-refractivity contribution in [3.05, 3.63) is 58.8 Å². The van der Waals surface area contributed by atoms with Crippen LogP contribution in [0.1, 0.15) is 49.4 Å². The summed E-state index contributed by atoms with van der Waals surface area (Å²) < 4.78 is 66.5. The number of alkyl halides is 3. The molecular weight excluding hydrogens is 417 g/mol. The largest absolute Gasteiger partial charge is 0.433 e. The summed E-state index contributed by atoms with van der Waals surface area (Å²) in [7, 11) is 0. The van der Waals surface area contributed by atoms with Gasteiger partial charge in [-0.1, -0.05) is 13.0 Å². The first-order valence-corrected chi connectivity index (χ1v) is 10.1. The Kier molecular flexibility index (Phi) is 6.81. The predicted molar refractivity (Wildman–Crippen MR) is 106 cm³/mol. The van der Waals surface area contributed by atoms with Crippen molar-refractivity contribution >= 4 is 11.7 Å². The van der Waals surface area contributed by atoms with Crippen LogP contribution >= 0.6 is 0 Å². The van der Waals surface area contributed by atoms with Crippen LogP contribution in [0.2, 0.25) is 0 Å². The molecule has 1 aliphatic heterocycles. The first kappa shape index (κ1) is 23.0. The molecule has 1 atom stereocenters. The molecule has 1 unspecified atom stereocenters. The van der Waals surface area contributed by atoms with Gasteiger partial charge in [-0.05, 0) is 49.4 Å². The summed E-state index contributed by atoms with van der Waals surface area (Å²) in [5.74, 6) is -2.23. The Labute approximate surface area is 177 Å². The second-order valence-corrected chi connectivity index (χ2v) is 7.99. The van der Waals surface area contributed by atoms with Gasteiger partial charge in [-0.3, -0.25) is 4.79 Å². The summed E-state index contributed by atoms with van der Waals surface area (Å²) in [4.78, 5) is 18.2. The molecule has 0 radical (unpaired) electrons. The van der Waals surface area contributed by atoms with Gasteiger partial charge >= 0.3 is 6.18 Å². The fraction of sp³-hybridized carbons (Fsp3) is 0.455. The van der Waals surface area contributed by atoms with Gasteiger partial charge in [-0.15, -0.1) is 0 Å². The molecule has 168 valence electrons. The van der Waals surface area contributed by atoms with Crippen molar-refractivity contribution in [3.63, 3.8) is 0 Å². The van der Waals surface area contributed by atoms with Gasteiger partial charge in [0.05, 0.1) is 5.92 Å². The van der Waals surface area contributed by atoms with E-state index < -0.39 is 35.3 Å². The molecule has 2 aromatic rings. The molecule has 1 amide bonds. The molecule has 9 heteroatoms. The lowest BCUT2D eigenvalue weighted by Crippen LogP contribution is -2.35. The zero-order valence-corrected chi connectivity index (χ0v) is 17.3. The highest BCUT2D eigenvalue weighted by Gasteiger charge is 2.34. The first-order chi connectivity index (χ1) is 14.5. The van der Waals surface area contributed by atoms with E-state index in [-0.39, 0.29) is 17.9 Å². The molecule has 1 saturated heterocycles. The van der Waals surface area contributed by atoms with E-state index in [4.69, 9.17) is 0 Å². The van der Waals surface area contributed by atoms with E-state index >= 15 is 0 Å². The second-order valence-electron chi connectivity index (χ2n) is 7.99. The standard InChI is InChI=1S/C22H24F5N3O/c1-13-5-7-30(8-6-13)20-15(3-4-19(29-20)22(25,26)27)12-28-21(31)14(2)16-9-17(23)11-18(24)10-16/h3-4,9-11,13-14H,5-8,12H2,1-2H3,(H,28,31). The minimum absolute atomic E-state index is 0.0481. The molecule has 0 spiro atoms. The van der Waals surface area contributed by atoms with Crippen LogP contribution in [-0.2, 0) is 17.5 Å². The molecule has 1 aliphatic rings. The number of benzene rings is 1. The molecule has 0 saturated carbocycles. The van der Waals surface area contributed by atoms with Crippen LogP contribution in [0.4, 0.5) is 27.8 Å². The monoisotopic (exact) mass is 441 g/mol. The summed E-state index contributed by atoms with van der Waals surface area (Å²) in [6.45, 7) is 4.70. The fourth-order valence-electron chi connectivity index (χ4n) is 3.58. The highest BCUT2D eigenvalue weighted by atomic mass is 19.4. The number of halogens is 5. The number of anilines is 1. The lowest BCUT2D eigenvalue weighted by atomic mass is 9.98. The number of hydrogen-bond acceptors (Lipinski definition) is 3. The van der Waals surface area contributed by atoms with Crippen molar-refractivity contribution < 1.29 is 26.7 Å². The van der Waals surface area contributed by atoms with Crippen molar-refractivity contribution in [1.82, 2.24) is 10.3 Å². The maximum Gasteiger partial charge on any atom is 0.433 e. The maximum atomic E-state index is 13.4. The normalized spacial score (nSPS) is 16.3. The molecule has 31 heavy (non-hydrogen) atoms. The minimum atomic E-state index is -4.57. The minimum Gasteiger partial charge on any atom is -0.356 e. The second kappa shape index (κ2) is 9.20. The molecule has 2 heterocycles. The number of rotatable bonds is 5. The van der Waals surface area contributed by atoms with Gasteiger partial charge in [0, 0.05) is 31.3 Å². The van der Waals surface area contributed by atoms with Crippen molar-refractivity contribution in [3.8, 4) is 0 Å². The van der Waals surface area contributed by atoms with E-state index in [1.807, 2.05) is 4.90 Å². The topological polar surface area (TPSA) is 45.2 Å². The van der Waals surface area contributed by atoms with Gasteiger partial charge in [0.1, 0.15) is 23.1 Å². The predicted octanol–water partition coefficient (Wildman–Crippen LogP) is 5.03. The Hall–Kier alpha value is -2.71. The van der Waals surface area contributed by atoms with Gasteiger partial charge in [0.2, 0.25) is 5.91 Å². The Morgan fingerprint density at radius 2 is 1.77 bits per heavy atom. The summed E-state index contributed by atoms with van der Waals surface area (Å²) in [6, 6.07) is 5.08. The summed E-state index contributed by atoms with van der Waals surface area (Å²) in [5, 5.41) is 2.65. The van der Waals surface area contributed by atoms with E-state index in [9.17, 15) is 26.7 Å². The van der Waals surface area contributed by atoms with Crippen molar-refractivity contribution in [2.45, 2.75) is 45.3 Å². The van der Waals surface area contributed by atoms with Crippen LogP contribution in [0.3, 0.4) is 0 Å². The quantitative estimate of drug-likeness (QED) is 0.662. The van der Waals surface area contributed by atoms with Crippen molar-refractivity contribution in [2.24, 2.45) is 5.92 Å². The van der Waals surface area contributed by atoms with Gasteiger partial charge in [-0.25, -0.2) is 13.8 Å². The molecule has 1 N–H and O–H groups in total. The number of aromatic nitrogens is 1. The van der Waals surface area contributed by atoms with E-state index in [0.717, 1.165) is 31.0 Å². The Balaban J connectivity index is 1.79. The van der Waals surface area contributed by atoms with Gasteiger partial charge in [-0.2, -0.15) is 13.2 Å². The highest BCUT2D eigenvalue weighted by Crippen LogP contribution is 2.32. The Bertz CT molecular complexity index is 919. The molecule has 4 nitrogen and oxygen atoms in total. The number of carbonyl (C=O) groups is 1. The Morgan fingerprint density at radius 1 is 1.16 bits per heavy atom. The molecular formula is C22H24F5N3O. The first-order valence-electron chi connectivity index (χ1n) is 10.1. The third-order valence-corrected chi connectivity index (χ3v) is 5.56. The number of nitrogens with one attached hydrogen (secondary N) is 1. The number of nitrogens with zero attached hydrogens (tertiary/aromatic N) is 2. The van der Waals surface area contributed by atoms with Crippen LogP contribution in [0.5, 0.6) is 0 Å². The lowest BCUT2D eigenvalue weighted by Gasteiger charge is -2.33. The smallest absolute Gasteiger partial charge is 0.356 e. The number of carbonyl (C=O) groups excluding carboxylic acids is 1. The molecule has 0 aliphatic carbocycles. The summed E-state index contributed by atoms with van der Waals surface area (Å²) in [6.07, 6.45) is -2.90. The number of amides is 1. The van der Waals surface area contributed by atoms with Crippen LogP contribution in [0.15, 0.2) is 30.3 Å². The van der Waals surface area contributed by atoms with Crippen LogP contribution in [0.25, 0.3) is 0 Å². The van der Waals surface area contributed by atoms with Gasteiger partial charge in [0.25, 0.3) is 0 Å². The average molecular weight is 441 g/mol. The third kappa shape index (κ3) is 5.71. The lowest BCUT2D eigenvalue weighted by molar-refractivity contribution is -0.141. The average Bonchev–Trinajstić information content (AvgIpc) is 2.70. The number of hydrogen-bond donors (Lipinski definition) is 1. The van der Waals surface area contributed by atoms with Gasteiger partial charge in [0.15, 0.2) is 0 Å². The van der Waals surface area contributed by atoms with Gasteiger partial charge < -0.3 is 10.2 Å². The van der Waals surface area contributed by atoms with E-state index in [1.165, 1.54) is 13.0 Å². The number of pyridine rings is 1. The number of piperidine rings is 1. The fourth-order valence-corrected chi connectivity index (χ4v) is 3.58.